The maximum Gasteiger partial charge on any atom is 0.237 e. The number of rotatable bonds is 5. The van der Waals surface area contributed by atoms with Crippen molar-refractivity contribution in [2.45, 2.75) is 31.2 Å². The Morgan fingerprint density at radius 1 is 1.14 bits per heavy atom. The molecule has 0 saturated heterocycles. The van der Waals surface area contributed by atoms with E-state index in [1.54, 1.807) is 11.6 Å². The number of aromatic nitrogens is 4. The van der Waals surface area contributed by atoms with E-state index in [1.807, 2.05) is 32.0 Å². The van der Waals surface area contributed by atoms with Crippen molar-refractivity contribution in [2.24, 2.45) is 0 Å². The molecule has 0 saturated carbocycles. The monoisotopic (exact) mass is 455 g/mol. The molecule has 1 amide bonds. The first-order valence-electron chi connectivity index (χ1n) is 8.25. The predicted molar refractivity (Wildman–Crippen MR) is 114 cm³/mol. The molecule has 0 aliphatic rings. The van der Waals surface area contributed by atoms with Crippen LogP contribution in [0.1, 0.15) is 18.1 Å². The summed E-state index contributed by atoms with van der Waals surface area (Å²) in [6.45, 7) is 5.72. The molecule has 6 nitrogen and oxygen atoms in total. The molecule has 1 atom stereocenters. The van der Waals surface area contributed by atoms with Crippen molar-refractivity contribution in [1.82, 2.24) is 20.2 Å². The highest BCUT2D eigenvalue weighted by Crippen LogP contribution is 2.34. The number of thioether (sulfide) groups is 1. The van der Waals surface area contributed by atoms with Crippen LogP contribution in [0.4, 0.5) is 5.69 Å². The zero-order valence-corrected chi connectivity index (χ0v) is 18.3. The molecule has 28 heavy (non-hydrogen) atoms. The van der Waals surface area contributed by atoms with Gasteiger partial charge in [0.15, 0.2) is 0 Å². The molecular weight excluding hydrogens is 441 g/mol. The van der Waals surface area contributed by atoms with Crippen molar-refractivity contribution in [3.05, 3.63) is 56.5 Å². The average Bonchev–Trinajstić information content (AvgIpc) is 3.05. The number of amides is 1. The van der Waals surface area contributed by atoms with E-state index in [0.717, 1.165) is 16.8 Å². The van der Waals surface area contributed by atoms with Crippen LogP contribution < -0.4 is 5.32 Å². The largest absolute Gasteiger partial charge is 0.323 e. The number of tetrazole rings is 1. The number of carbonyl (C=O) groups excluding carboxylic acids is 1. The molecule has 1 heterocycles. The summed E-state index contributed by atoms with van der Waals surface area (Å²) in [7, 11) is 0. The van der Waals surface area contributed by atoms with Gasteiger partial charge in [0.2, 0.25) is 11.1 Å². The Morgan fingerprint density at radius 2 is 1.75 bits per heavy atom. The summed E-state index contributed by atoms with van der Waals surface area (Å²) in [5.74, 6) is -0.285. The van der Waals surface area contributed by atoms with Crippen LogP contribution in [0.5, 0.6) is 0 Å². The lowest BCUT2D eigenvalue weighted by Crippen LogP contribution is -2.23. The van der Waals surface area contributed by atoms with Crippen LogP contribution in [-0.4, -0.2) is 31.4 Å². The second-order valence-electron chi connectivity index (χ2n) is 6.11. The first-order chi connectivity index (χ1) is 13.3. The topological polar surface area (TPSA) is 72.7 Å². The van der Waals surface area contributed by atoms with Gasteiger partial charge < -0.3 is 5.32 Å². The Morgan fingerprint density at radius 3 is 2.36 bits per heavy atom. The molecule has 3 rings (SSSR count). The van der Waals surface area contributed by atoms with E-state index in [0.29, 0.717) is 15.9 Å². The summed E-state index contributed by atoms with van der Waals surface area (Å²) >= 11 is 19.4. The SMILES string of the molecule is Cc1cccc(C)c1-n1nnnc1SC(C)C(=O)Nc1c(Cl)cc(Cl)cc1Cl. The van der Waals surface area contributed by atoms with E-state index in [1.165, 1.54) is 23.9 Å². The van der Waals surface area contributed by atoms with Gasteiger partial charge in [-0.3, -0.25) is 4.79 Å². The number of carbonyl (C=O) groups is 1. The first-order valence-corrected chi connectivity index (χ1v) is 10.3. The highest BCUT2D eigenvalue weighted by molar-refractivity contribution is 8.00. The Hall–Kier alpha value is -1.80. The minimum Gasteiger partial charge on any atom is -0.323 e. The van der Waals surface area contributed by atoms with E-state index in [9.17, 15) is 4.79 Å². The molecule has 2 aromatic carbocycles. The van der Waals surface area contributed by atoms with Crippen LogP contribution in [-0.2, 0) is 4.79 Å². The Labute approximate surface area is 181 Å². The number of hydrogen-bond donors (Lipinski definition) is 1. The quantitative estimate of drug-likeness (QED) is 0.523. The molecule has 0 bridgehead atoms. The number of nitrogens with zero attached hydrogens (tertiary/aromatic N) is 4. The van der Waals surface area contributed by atoms with Crippen molar-refractivity contribution in [1.29, 1.82) is 0 Å². The molecule has 10 heteroatoms. The molecule has 1 unspecified atom stereocenters. The van der Waals surface area contributed by atoms with Gasteiger partial charge in [0, 0.05) is 5.02 Å². The summed E-state index contributed by atoms with van der Waals surface area (Å²) in [5.41, 5.74) is 3.28. The molecule has 3 aromatic rings. The standard InChI is InChI=1S/C18H16Cl3N5OS/c1-9-5-4-6-10(2)16(9)26-18(23-24-25-26)28-11(3)17(27)22-15-13(20)7-12(19)8-14(15)21/h4-8,11H,1-3H3,(H,22,27). The van der Waals surface area contributed by atoms with Gasteiger partial charge in [0.1, 0.15) is 0 Å². The molecular formula is C18H16Cl3N5OS. The smallest absolute Gasteiger partial charge is 0.237 e. The van der Waals surface area contributed by atoms with Gasteiger partial charge in [0.05, 0.1) is 26.7 Å². The number of hydrogen-bond acceptors (Lipinski definition) is 5. The number of aryl methyl sites for hydroxylation is 2. The second-order valence-corrected chi connectivity index (χ2v) is 8.67. The number of nitrogens with one attached hydrogen (secondary N) is 1. The summed E-state index contributed by atoms with van der Waals surface area (Å²) < 4.78 is 1.64. The summed E-state index contributed by atoms with van der Waals surface area (Å²) in [6.07, 6.45) is 0. The third-order valence-corrected chi connectivity index (χ3v) is 5.85. The van der Waals surface area contributed by atoms with Crippen molar-refractivity contribution in [3.63, 3.8) is 0 Å². The average molecular weight is 457 g/mol. The highest BCUT2D eigenvalue weighted by Gasteiger charge is 2.22. The minimum atomic E-state index is -0.503. The van der Waals surface area contributed by atoms with Crippen LogP contribution >= 0.6 is 46.6 Å². The van der Waals surface area contributed by atoms with Crippen LogP contribution in [0.3, 0.4) is 0 Å². The Kier molecular flexibility index (Phi) is 6.50. The lowest BCUT2D eigenvalue weighted by atomic mass is 10.1. The van der Waals surface area contributed by atoms with Gasteiger partial charge in [-0.05, 0) is 54.5 Å². The Bertz CT molecular complexity index is 997. The van der Waals surface area contributed by atoms with E-state index < -0.39 is 5.25 Å². The van der Waals surface area contributed by atoms with Crippen molar-refractivity contribution in [2.75, 3.05) is 5.32 Å². The molecule has 0 fully saturated rings. The van der Waals surface area contributed by atoms with E-state index in [2.05, 4.69) is 20.8 Å². The maximum absolute atomic E-state index is 12.6. The van der Waals surface area contributed by atoms with E-state index >= 15 is 0 Å². The number of anilines is 1. The highest BCUT2D eigenvalue weighted by atomic mass is 35.5. The van der Waals surface area contributed by atoms with Gasteiger partial charge in [-0.2, -0.15) is 4.68 Å². The van der Waals surface area contributed by atoms with Gasteiger partial charge in [-0.1, -0.05) is 64.8 Å². The predicted octanol–water partition coefficient (Wildman–Crippen LogP) is 5.36. The summed E-state index contributed by atoms with van der Waals surface area (Å²) in [4.78, 5) is 12.6. The zero-order valence-electron chi connectivity index (χ0n) is 15.2. The third kappa shape index (κ3) is 4.43. The lowest BCUT2D eigenvalue weighted by Gasteiger charge is -2.15. The zero-order chi connectivity index (χ0) is 20.4. The molecule has 1 aromatic heterocycles. The van der Waals surface area contributed by atoms with Crippen molar-refractivity contribution < 1.29 is 4.79 Å². The lowest BCUT2D eigenvalue weighted by molar-refractivity contribution is -0.115. The fourth-order valence-corrected chi connectivity index (χ4v) is 4.34. The molecule has 0 spiro atoms. The molecule has 0 radical (unpaired) electrons. The maximum atomic E-state index is 12.6. The summed E-state index contributed by atoms with van der Waals surface area (Å²) in [5, 5.41) is 15.6. The normalized spacial score (nSPS) is 12.1. The Balaban J connectivity index is 1.81. The fourth-order valence-electron chi connectivity index (χ4n) is 2.63. The van der Waals surface area contributed by atoms with Crippen LogP contribution in [0, 0.1) is 13.8 Å². The van der Waals surface area contributed by atoms with Crippen LogP contribution in [0.25, 0.3) is 5.69 Å². The minimum absolute atomic E-state index is 0.267. The van der Waals surface area contributed by atoms with Gasteiger partial charge in [0.25, 0.3) is 0 Å². The van der Waals surface area contributed by atoms with Crippen molar-refractivity contribution in [3.8, 4) is 5.69 Å². The third-order valence-electron chi connectivity index (χ3n) is 4.00. The molecule has 0 aliphatic heterocycles. The van der Waals surface area contributed by atoms with Crippen LogP contribution in [0.15, 0.2) is 35.5 Å². The van der Waals surface area contributed by atoms with E-state index in [4.69, 9.17) is 34.8 Å². The second kappa shape index (κ2) is 8.69. The number of halogens is 3. The van der Waals surface area contributed by atoms with Crippen molar-refractivity contribution >= 4 is 58.2 Å². The van der Waals surface area contributed by atoms with Crippen LogP contribution in [0.2, 0.25) is 15.1 Å². The van der Waals surface area contributed by atoms with Gasteiger partial charge in [-0.15, -0.1) is 5.10 Å². The number of para-hydroxylation sites is 1. The molecule has 1 N–H and O–H groups in total. The van der Waals surface area contributed by atoms with E-state index in [-0.39, 0.29) is 16.0 Å². The molecule has 0 aliphatic carbocycles. The molecule has 146 valence electrons. The number of benzene rings is 2. The van der Waals surface area contributed by atoms with Gasteiger partial charge in [-0.25, -0.2) is 0 Å². The summed E-state index contributed by atoms with van der Waals surface area (Å²) in [6, 6.07) is 8.98. The van der Waals surface area contributed by atoms with Gasteiger partial charge >= 0.3 is 0 Å². The first kappa shape index (κ1) is 20.9. The fraction of sp³-hybridized carbons (Fsp3) is 0.222.